The number of rotatable bonds is 0. The fourth-order valence-electron chi connectivity index (χ4n) is 0. The average Bonchev–Trinajstić information content (AvgIpc) is 1.27. The Bertz CT molecular complexity index is 37.8. The second kappa shape index (κ2) is 6.54. The van der Waals surface area contributed by atoms with E-state index in [4.69, 9.17) is 19.4 Å². The van der Waals surface area contributed by atoms with Crippen LogP contribution in [-0.2, 0) is 15.1 Å². The van der Waals surface area contributed by atoms with Crippen LogP contribution in [0.15, 0.2) is 0 Å². The summed E-state index contributed by atoms with van der Waals surface area (Å²) in [4.78, 5) is 0. The van der Waals surface area contributed by atoms with Crippen LogP contribution in [0.1, 0.15) is 0 Å². The molecule has 0 fully saturated rings. The zero-order valence-corrected chi connectivity index (χ0v) is 11.4. The third-order valence-corrected chi connectivity index (χ3v) is 0. The van der Waals surface area contributed by atoms with Crippen LogP contribution in [0, 0.1) is 0 Å². The molecule has 0 N–H and O–H groups in total. The van der Waals surface area contributed by atoms with Crippen molar-refractivity contribution in [3.63, 3.8) is 0 Å². The second-order valence-corrected chi connectivity index (χ2v) is 13.7. The summed E-state index contributed by atoms with van der Waals surface area (Å²) >= 11 is -0.931. The van der Waals surface area contributed by atoms with Crippen LogP contribution >= 0.6 is 19.4 Å². The van der Waals surface area contributed by atoms with E-state index in [9.17, 15) is 0 Å². The molecule has 0 aliphatic carbocycles. The Balaban J connectivity index is 0. The van der Waals surface area contributed by atoms with Crippen LogP contribution in [0.2, 0.25) is 26.2 Å². The van der Waals surface area contributed by atoms with Gasteiger partial charge in [-0.1, -0.05) is 26.2 Å². The van der Waals surface area contributed by atoms with Gasteiger partial charge in [-0.15, -0.1) is 0 Å². The summed E-state index contributed by atoms with van der Waals surface area (Å²) in [5, 5.41) is 0. The second-order valence-electron chi connectivity index (χ2n) is 3.10. The third-order valence-electron chi connectivity index (χ3n) is 0. The molecule has 0 aliphatic rings. The van der Waals surface area contributed by atoms with Crippen molar-refractivity contribution >= 4 is 27.5 Å². The van der Waals surface area contributed by atoms with Gasteiger partial charge >= 0.3 is 34.5 Å². The molecule has 0 rings (SSSR count). The number of hydrogen-bond donors (Lipinski definition) is 0. The van der Waals surface area contributed by atoms with Crippen molar-refractivity contribution in [2.45, 2.75) is 26.2 Å². The third kappa shape index (κ3) is 152. The van der Waals surface area contributed by atoms with Gasteiger partial charge in [0, 0.05) is 8.07 Å². The van der Waals surface area contributed by atoms with Gasteiger partial charge in [0.25, 0.3) is 0 Å². The Morgan fingerprint density at radius 1 is 1.00 bits per heavy atom. The van der Waals surface area contributed by atoms with E-state index in [1.165, 1.54) is 0 Å². The van der Waals surface area contributed by atoms with E-state index in [-0.39, 0.29) is 0 Å². The Hall–Kier alpha value is 1.42. The van der Waals surface area contributed by atoms with Gasteiger partial charge in [0.1, 0.15) is 0 Å². The summed E-state index contributed by atoms with van der Waals surface area (Å²) in [6.45, 7) is 9.31. The Labute approximate surface area is 68.6 Å². The molecule has 4 heteroatoms. The number of halogens is 2. The van der Waals surface area contributed by atoms with Crippen molar-refractivity contribution in [1.82, 2.24) is 0 Å². The molecule has 0 heterocycles. The first-order valence-corrected chi connectivity index (χ1v) is 14.3. The van der Waals surface area contributed by atoms with Crippen LogP contribution in [0.5, 0.6) is 0 Å². The first-order valence-electron chi connectivity index (χ1n) is 2.53. The summed E-state index contributed by atoms with van der Waals surface area (Å²) in [7, 11) is 9.29. The number of hydrogen-bond acceptors (Lipinski definition) is 0. The quantitative estimate of drug-likeness (QED) is 0.554. The fourth-order valence-corrected chi connectivity index (χ4v) is 0. The van der Waals surface area contributed by atoms with E-state index in [1.54, 1.807) is 0 Å². The molecule has 0 atom stereocenters. The molecule has 0 aromatic carbocycles. The Morgan fingerprint density at radius 3 is 1.00 bits per heavy atom. The predicted octanol–water partition coefficient (Wildman–Crippen LogP) is 3.33. The molecule has 0 radical (unpaired) electrons. The van der Waals surface area contributed by atoms with Gasteiger partial charge in [0.15, 0.2) is 0 Å². The van der Waals surface area contributed by atoms with Crippen LogP contribution in [0.25, 0.3) is 0 Å². The SMILES string of the molecule is C[Si](C)(C)C.[Cl][Zn][Cl]. The molecule has 0 aliphatic heterocycles. The monoisotopic (exact) mass is 222 g/mol. The van der Waals surface area contributed by atoms with Gasteiger partial charge in [-0.05, 0) is 0 Å². The van der Waals surface area contributed by atoms with Crippen molar-refractivity contribution in [2.75, 3.05) is 0 Å². The average molecular weight is 225 g/mol. The summed E-state index contributed by atoms with van der Waals surface area (Å²) in [5.74, 6) is 0. The first-order chi connectivity index (χ1) is 3.41. The maximum absolute atomic E-state index is 4.95. The zero-order valence-electron chi connectivity index (χ0n) is 5.96. The van der Waals surface area contributed by atoms with Crippen molar-refractivity contribution in [3.05, 3.63) is 0 Å². The van der Waals surface area contributed by atoms with E-state index in [0.717, 1.165) is 0 Å². The van der Waals surface area contributed by atoms with Gasteiger partial charge in [-0.3, -0.25) is 0 Å². The Morgan fingerprint density at radius 2 is 1.00 bits per heavy atom. The van der Waals surface area contributed by atoms with Gasteiger partial charge < -0.3 is 0 Å². The normalized spacial score (nSPS) is 8.75. The molecule has 0 spiro atoms. The van der Waals surface area contributed by atoms with Crippen LogP contribution in [0.4, 0.5) is 0 Å². The van der Waals surface area contributed by atoms with Crippen LogP contribution in [0.3, 0.4) is 0 Å². The van der Waals surface area contributed by atoms with E-state index in [1.807, 2.05) is 0 Å². The van der Waals surface area contributed by atoms with Crippen molar-refractivity contribution in [1.29, 1.82) is 0 Å². The van der Waals surface area contributed by atoms with E-state index >= 15 is 0 Å². The summed E-state index contributed by atoms with van der Waals surface area (Å²) in [5.41, 5.74) is 0. The minimum absolute atomic E-state index is 0.611. The molecule has 0 saturated heterocycles. The van der Waals surface area contributed by atoms with Crippen molar-refractivity contribution in [3.8, 4) is 0 Å². The van der Waals surface area contributed by atoms with Gasteiger partial charge in [-0.25, -0.2) is 0 Å². The summed E-state index contributed by atoms with van der Waals surface area (Å²) < 4.78 is 0. The molecule has 0 unspecified atom stereocenters. The minimum atomic E-state index is -0.931. The topological polar surface area (TPSA) is 0 Å². The van der Waals surface area contributed by atoms with Gasteiger partial charge in [0.2, 0.25) is 0 Å². The molecule has 0 aromatic rings. The molecular weight excluding hydrogens is 212 g/mol. The standard InChI is InChI=1S/C4H12Si.2ClH.Zn/c1-5(2,3)4;;;/h1-4H3;2*1H;/q;;;+2/p-2. The van der Waals surface area contributed by atoms with E-state index < -0.39 is 23.2 Å². The summed E-state index contributed by atoms with van der Waals surface area (Å²) in [6.07, 6.45) is 0. The van der Waals surface area contributed by atoms with Crippen molar-refractivity contribution < 1.29 is 15.1 Å². The predicted molar refractivity (Wildman–Crippen MR) is 40.9 cm³/mol. The van der Waals surface area contributed by atoms with E-state index in [0.29, 0.717) is 0 Å². The van der Waals surface area contributed by atoms with Gasteiger partial charge in [-0.2, -0.15) is 0 Å². The molecule has 0 aromatic heterocycles. The van der Waals surface area contributed by atoms with Crippen molar-refractivity contribution in [2.24, 2.45) is 0 Å². The Kier molecular flexibility index (Phi) is 9.92. The van der Waals surface area contributed by atoms with E-state index in [2.05, 4.69) is 26.2 Å². The van der Waals surface area contributed by atoms with Crippen LogP contribution < -0.4 is 0 Å². The molecule has 0 bridgehead atoms. The molecule has 0 saturated carbocycles. The maximum atomic E-state index is 4.95. The molecule has 0 amide bonds. The fraction of sp³-hybridized carbons (Fsp3) is 1.00. The van der Waals surface area contributed by atoms with Crippen LogP contribution in [-0.4, -0.2) is 8.07 Å². The molecule has 0 nitrogen and oxygen atoms in total. The molecular formula is C4H12Cl2SiZn. The zero-order chi connectivity index (χ0) is 7.21. The van der Waals surface area contributed by atoms with Gasteiger partial charge in [0.05, 0.1) is 0 Å². The summed E-state index contributed by atoms with van der Waals surface area (Å²) in [6, 6.07) is 0. The molecule has 8 heavy (non-hydrogen) atoms. The molecule has 48 valence electrons. The first kappa shape index (κ1) is 12.1.